The third-order valence-electron chi connectivity index (χ3n) is 4.46. The predicted molar refractivity (Wildman–Crippen MR) is 117 cm³/mol. The van der Waals surface area contributed by atoms with Gasteiger partial charge in [0.25, 0.3) is 0 Å². The third-order valence-corrected chi connectivity index (χ3v) is 5.37. The predicted octanol–water partition coefficient (Wildman–Crippen LogP) is 3.94. The minimum Gasteiger partial charge on any atom is -0.494 e. The molecule has 0 atom stereocenters. The number of hydrogen-bond donors (Lipinski definition) is 0. The zero-order valence-electron chi connectivity index (χ0n) is 17.3. The highest BCUT2D eigenvalue weighted by Crippen LogP contribution is 2.30. The maximum Gasteiger partial charge on any atom is 0.232 e. The molecule has 9 heteroatoms. The molecule has 2 aromatic carbocycles. The molecule has 1 amide bonds. The van der Waals surface area contributed by atoms with E-state index in [1.165, 1.54) is 22.7 Å². The minimum absolute atomic E-state index is 0.0950. The van der Waals surface area contributed by atoms with E-state index in [4.69, 9.17) is 10.00 Å². The van der Waals surface area contributed by atoms with Crippen LogP contribution in [-0.2, 0) is 4.79 Å². The summed E-state index contributed by atoms with van der Waals surface area (Å²) in [5.41, 5.74) is 1.03. The van der Waals surface area contributed by atoms with Crippen molar-refractivity contribution in [3.05, 3.63) is 54.3 Å². The highest BCUT2D eigenvalue weighted by molar-refractivity contribution is 7.99. The number of hydrogen-bond acceptors (Lipinski definition) is 6. The van der Waals surface area contributed by atoms with Crippen LogP contribution in [0, 0.1) is 17.1 Å². The number of ether oxygens (including phenoxy) is 1. The van der Waals surface area contributed by atoms with Gasteiger partial charge in [-0.05, 0) is 43.3 Å². The van der Waals surface area contributed by atoms with Crippen LogP contribution < -0.4 is 4.74 Å². The first-order valence-electron chi connectivity index (χ1n) is 9.72. The number of aromatic nitrogens is 3. The topological polar surface area (TPSA) is 84.0 Å². The van der Waals surface area contributed by atoms with Gasteiger partial charge < -0.3 is 9.64 Å². The van der Waals surface area contributed by atoms with Crippen LogP contribution in [0.15, 0.2) is 53.7 Å². The van der Waals surface area contributed by atoms with Crippen LogP contribution in [0.2, 0.25) is 0 Å². The minimum atomic E-state index is -0.422. The molecule has 0 fully saturated rings. The Hall–Kier alpha value is -3.38. The van der Waals surface area contributed by atoms with E-state index in [1.54, 1.807) is 29.8 Å². The van der Waals surface area contributed by atoms with Crippen LogP contribution in [0.4, 0.5) is 4.39 Å². The molecule has 0 saturated heterocycles. The lowest BCUT2D eigenvalue weighted by molar-refractivity contribution is -0.127. The number of halogens is 1. The second kappa shape index (κ2) is 10.6. The van der Waals surface area contributed by atoms with Gasteiger partial charge in [0.05, 0.1) is 30.5 Å². The Morgan fingerprint density at radius 1 is 1.23 bits per heavy atom. The second-order valence-electron chi connectivity index (χ2n) is 6.56. The molecule has 0 N–H and O–H groups in total. The molecule has 0 aliphatic rings. The molecule has 0 aliphatic heterocycles. The summed E-state index contributed by atoms with van der Waals surface area (Å²) in [7, 11) is 1.65. The highest BCUT2D eigenvalue weighted by Gasteiger charge is 2.20. The van der Waals surface area contributed by atoms with E-state index in [0.717, 1.165) is 11.3 Å². The van der Waals surface area contributed by atoms with Crippen molar-refractivity contribution >= 4 is 17.7 Å². The molecule has 31 heavy (non-hydrogen) atoms. The number of amides is 1. The standard InChI is InChI=1S/C22H22FN5O2S/c1-3-30-17-11-9-16(10-12-17)21-25-26-22(28(21)19-8-5-4-7-18(19)23)31-15-20(29)27(2)14-6-13-24/h4-5,7-12H,3,6,14-15H2,1-2H3. The Morgan fingerprint density at radius 3 is 2.65 bits per heavy atom. The molecule has 1 aromatic heterocycles. The number of para-hydroxylation sites is 1. The fourth-order valence-corrected chi connectivity index (χ4v) is 3.73. The largest absolute Gasteiger partial charge is 0.494 e. The summed E-state index contributed by atoms with van der Waals surface area (Å²) < 4.78 is 21.7. The summed E-state index contributed by atoms with van der Waals surface area (Å²) in [6.07, 6.45) is 0.264. The van der Waals surface area contributed by atoms with Gasteiger partial charge in [-0.3, -0.25) is 9.36 Å². The lowest BCUT2D eigenvalue weighted by Crippen LogP contribution is -2.29. The smallest absolute Gasteiger partial charge is 0.232 e. The van der Waals surface area contributed by atoms with Gasteiger partial charge in [0.2, 0.25) is 5.91 Å². The van der Waals surface area contributed by atoms with Gasteiger partial charge in [0, 0.05) is 19.2 Å². The average molecular weight is 440 g/mol. The lowest BCUT2D eigenvalue weighted by Gasteiger charge is -2.15. The summed E-state index contributed by atoms with van der Waals surface area (Å²) >= 11 is 1.17. The van der Waals surface area contributed by atoms with Gasteiger partial charge in [-0.25, -0.2) is 4.39 Å². The molecular weight excluding hydrogens is 417 g/mol. The van der Waals surface area contributed by atoms with Crippen molar-refractivity contribution < 1.29 is 13.9 Å². The van der Waals surface area contributed by atoms with E-state index in [2.05, 4.69) is 10.2 Å². The van der Waals surface area contributed by atoms with Gasteiger partial charge in [-0.1, -0.05) is 23.9 Å². The number of nitriles is 1. The first-order valence-corrected chi connectivity index (χ1v) is 10.7. The van der Waals surface area contributed by atoms with Gasteiger partial charge in [0.15, 0.2) is 11.0 Å². The SMILES string of the molecule is CCOc1ccc(-c2nnc(SCC(=O)N(C)CCC#N)n2-c2ccccc2F)cc1. The molecule has 0 aliphatic carbocycles. The van der Waals surface area contributed by atoms with Crippen LogP contribution in [0.25, 0.3) is 17.1 Å². The summed E-state index contributed by atoms with van der Waals surface area (Å²) in [4.78, 5) is 13.9. The number of carbonyl (C=O) groups excluding carboxylic acids is 1. The monoisotopic (exact) mass is 439 g/mol. The fraction of sp³-hybridized carbons (Fsp3) is 0.273. The van der Waals surface area contributed by atoms with Crippen LogP contribution >= 0.6 is 11.8 Å². The Kier molecular flexibility index (Phi) is 7.62. The van der Waals surface area contributed by atoms with E-state index in [9.17, 15) is 9.18 Å². The third kappa shape index (κ3) is 5.41. The van der Waals surface area contributed by atoms with Crippen molar-refractivity contribution in [1.29, 1.82) is 5.26 Å². The Labute approximate surface area is 184 Å². The maximum absolute atomic E-state index is 14.6. The molecule has 160 valence electrons. The molecule has 3 rings (SSSR count). The highest BCUT2D eigenvalue weighted by atomic mass is 32.2. The van der Waals surface area contributed by atoms with E-state index in [0.29, 0.717) is 29.8 Å². The van der Waals surface area contributed by atoms with Crippen molar-refractivity contribution in [3.8, 4) is 28.9 Å². The van der Waals surface area contributed by atoms with Gasteiger partial charge >= 0.3 is 0 Å². The summed E-state index contributed by atoms with van der Waals surface area (Å²) in [5, 5.41) is 17.6. The summed E-state index contributed by atoms with van der Waals surface area (Å²) in [5.74, 6) is 0.710. The normalized spacial score (nSPS) is 10.5. The van der Waals surface area contributed by atoms with Crippen molar-refractivity contribution in [3.63, 3.8) is 0 Å². The zero-order chi connectivity index (χ0) is 22.2. The van der Waals surface area contributed by atoms with Crippen molar-refractivity contribution in [1.82, 2.24) is 19.7 Å². The van der Waals surface area contributed by atoms with Crippen molar-refractivity contribution in [2.75, 3.05) is 26.0 Å². The number of carbonyl (C=O) groups is 1. The lowest BCUT2D eigenvalue weighted by atomic mass is 10.2. The van der Waals surface area contributed by atoms with Crippen LogP contribution in [0.5, 0.6) is 5.75 Å². The molecule has 1 heterocycles. The molecular formula is C22H22FN5O2S. The van der Waals surface area contributed by atoms with Crippen LogP contribution in [0.1, 0.15) is 13.3 Å². The Bertz CT molecular complexity index is 1080. The van der Waals surface area contributed by atoms with E-state index in [-0.39, 0.29) is 18.1 Å². The average Bonchev–Trinajstić information content (AvgIpc) is 3.20. The van der Waals surface area contributed by atoms with E-state index in [1.807, 2.05) is 37.3 Å². The molecule has 7 nitrogen and oxygen atoms in total. The van der Waals surface area contributed by atoms with E-state index >= 15 is 0 Å². The Morgan fingerprint density at radius 2 is 1.97 bits per heavy atom. The maximum atomic E-state index is 14.6. The number of nitrogens with zero attached hydrogens (tertiary/aromatic N) is 5. The number of thioether (sulfide) groups is 1. The zero-order valence-corrected chi connectivity index (χ0v) is 18.1. The first kappa shape index (κ1) is 22.3. The number of benzene rings is 2. The number of rotatable bonds is 9. The van der Waals surface area contributed by atoms with Gasteiger partial charge in [-0.2, -0.15) is 5.26 Å². The second-order valence-corrected chi connectivity index (χ2v) is 7.50. The van der Waals surface area contributed by atoms with Crippen LogP contribution in [0.3, 0.4) is 0 Å². The molecule has 3 aromatic rings. The van der Waals surface area contributed by atoms with Crippen molar-refractivity contribution in [2.45, 2.75) is 18.5 Å². The van der Waals surface area contributed by atoms with Gasteiger partial charge in [0.1, 0.15) is 11.6 Å². The quantitative estimate of drug-likeness (QED) is 0.470. The van der Waals surface area contributed by atoms with Crippen molar-refractivity contribution in [2.24, 2.45) is 0 Å². The summed E-state index contributed by atoms with van der Waals surface area (Å²) in [6, 6.07) is 15.7. The summed E-state index contributed by atoms with van der Waals surface area (Å²) in [6.45, 7) is 2.82. The van der Waals surface area contributed by atoms with Gasteiger partial charge in [-0.15, -0.1) is 10.2 Å². The Balaban J connectivity index is 1.92. The molecule has 0 saturated carbocycles. The first-order chi connectivity index (χ1) is 15.0. The molecule has 0 spiro atoms. The van der Waals surface area contributed by atoms with E-state index < -0.39 is 5.82 Å². The fourth-order valence-electron chi connectivity index (χ4n) is 2.85. The van der Waals surface area contributed by atoms with Crippen LogP contribution in [-0.4, -0.2) is 51.5 Å². The molecule has 0 unspecified atom stereocenters. The molecule has 0 bridgehead atoms. The molecule has 0 radical (unpaired) electrons.